The lowest BCUT2D eigenvalue weighted by Crippen LogP contribution is -2.44. The Morgan fingerprint density at radius 2 is 1.96 bits per heavy atom. The summed E-state index contributed by atoms with van der Waals surface area (Å²) in [6.45, 7) is 1.84. The minimum Gasteiger partial charge on any atom is -0.376 e. The van der Waals surface area contributed by atoms with E-state index in [4.69, 9.17) is 27.9 Å². The van der Waals surface area contributed by atoms with E-state index in [1.54, 1.807) is 6.07 Å². The van der Waals surface area contributed by atoms with Crippen molar-refractivity contribution in [1.82, 2.24) is 9.62 Å². The molecule has 2 aliphatic rings. The molecule has 0 saturated carbocycles. The van der Waals surface area contributed by atoms with Gasteiger partial charge in [0.1, 0.15) is 4.90 Å². The highest BCUT2D eigenvalue weighted by Gasteiger charge is 2.33. The fourth-order valence-electron chi connectivity index (χ4n) is 3.34. The molecule has 2 heterocycles. The SMILES string of the molecule is O=C(NC[C@@H]1CCCO1)C1CCN(S(=O)(=O)c2cc(Cl)ccc2Cl)CC1. The van der Waals surface area contributed by atoms with E-state index in [0.29, 0.717) is 24.4 Å². The lowest BCUT2D eigenvalue weighted by molar-refractivity contribution is -0.126. The zero-order valence-electron chi connectivity index (χ0n) is 14.3. The third kappa shape index (κ3) is 4.51. The normalized spacial score (nSPS) is 22.5. The van der Waals surface area contributed by atoms with E-state index in [-0.39, 0.29) is 40.9 Å². The second-order valence-electron chi connectivity index (χ2n) is 6.63. The number of amides is 1. The van der Waals surface area contributed by atoms with E-state index >= 15 is 0 Å². The average molecular weight is 421 g/mol. The summed E-state index contributed by atoms with van der Waals surface area (Å²) in [7, 11) is -3.72. The number of benzene rings is 1. The van der Waals surface area contributed by atoms with Crippen LogP contribution in [0.1, 0.15) is 25.7 Å². The summed E-state index contributed by atoms with van der Waals surface area (Å²) in [6.07, 6.45) is 3.06. The van der Waals surface area contributed by atoms with Gasteiger partial charge in [0, 0.05) is 37.2 Å². The minimum atomic E-state index is -3.72. The summed E-state index contributed by atoms with van der Waals surface area (Å²) in [6, 6.07) is 4.38. The van der Waals surface area contributed by atoms with Crippen LogP contribution in [0.25, 0.3) is 0 Å². The van der Waals surface area contributed by atoms with Gasteiger partial charge in [-0.2, -0.15) is 4.31 Å². The van der Waals surface area contributed by atoms with Crippen LogP contribution in [0.2, 0.25) is 10.0 Å². The molecule has 9 heteroatoms. The van der Waals surface area contributed by atoms with Gasteiger partial charge in [0.05, 0.1) is 11.1 Å². The molecule has 1 atom stereocenters. The Bertz CT molecular complexity index is 758. The number of rotatable bonds is 5. The second kappa shape index (κ2) is 8.44. The lowest BCUT2D eigenvalue weighted by atomic mass is 9.97. The van der Waals surface area contributed by atoms with Crippen LogP contribution >= 0.6 is 23.2 Å². The van der Waals surface area contributed by atoms with E-state index in [2.05, 4.69) is 5.32 Å². The Labute approximate surface area is 163 Å². The van der Waals surface area contributed by atoms with Crippen LogP contribution in [0.5, 0.6) is 0 Å². The van der Waals surface area contributed by atoms with Crippen molar-refractivity contribution in [1.29, 1.82) is 0 Å². The number of carbonyl (C=O) groups excluding carboxylic acids is 1. The standard InChI is InChI=1S/C17H22Cl2N2O4S/c18-13-3-4-15(19)16(10-13)26(23,24)21-7-5-12(6-8-21)17(22)20-11-14-2-1-9-25-14/h3-4,10,12,14H,1-2,5-9,11H2,(H,20,22)/t14-/m0/s1. The molecular weight excluding hydrogens is 399 g/mol. The van der Waals surface area contributed by atoms with Crippen molar-refractivity contribution in [2.24, 2.45) is 5.92 Å². The highest BCUT2D eigenvalue weighted by atomic mass is 35.5. The van der Waals surface area contributed by atoms with Crippen molar-refractivity contribution < 1.29 is 17.9 Å². The van der Waals surface area contributed by atoms with Gasteiger partial charge in [-0.3, -0.25) is 4.79 Å². The van der Waals surface area contributed by atoms with Gasteiger partial charge in [0.25, 0.3) is 0 Å². The summed E-state index contributed by atoms with van der Waals surface area (Å²) >= 11 is 12.0. The van der Waals surface area contributed by atoms with Crippen LogP contribution in [0.15, 0.2) is 23.1 Å². The van der Waals surface area contributed by atoms with E-state index in [1.807, 2.05) is 0 Å². The number of sulfonamides is 1. The van der Waals surface area contributed by atoms with Gasteiger partial charge >= 0.3 is 0 Å². The zero-order chi connectivity index (χ0) is 18.7. The number of nitrogens with one attached hydrogen (secondary N) is 1. The maximum atomic E-state index is 12.8. The van der Waals surface area contributed by atoms with Gasteiger partial charge in [0.2, 0.25) is 15.9 Å². The number of carbonyl (C=O) groups is 1. The third-order valence-electron chi connectivity index (χ3n) is 4.86. The van der Waals surface area contributed by atoms with Crippen molar-refractivity contribution in [2.45, 2.75) is 36.7 Å². The predicted octanol–water partition coefficient (Wildman–Crippen LogP) is 2.69. The molecule has 2 saturated heterocycles. The van der Waals surface area contributed by atoms with E-state index in [0.717, 1.165) is 19.4 Å². The molecule has 144 valence electrons. The molecule has 2 fully saturated rings. The number of halogens is 2. The number of hydrogen-bond acceptors (Lipinski definition) is 4. The monoisotopic (exact) mass is 420 g/mol. The number of ether oxygens (including phenoxy) is 1. The van der Waals surface area contributed by atoms with Gasteiger partial charge in [-0.15, -0.1) is 0 Å². The van der Waals surface area contributed by atoms with Gasteiger partial charge in [-0.1, -0.05) is 23.2 Å². The van der Waals surface area contributed by atoms with E-state index in [9.17, 15) is 13.2 Å². The molecule has 0 bridgehead atoms. The third-order valence-corrected chi connectivity index (χ3v) is 7.48. The quantitative estimate of drug-likeness (QED) is 0.794. The molecule has 3 rings (SSSR count). The molecule has 0 aliphatic carbocycles. The Kier molecular flexibility index (Phi) is 6.45. The number of hydrogen-bond donors (Lipinski definition) is 1. The fourth-order valence-corrected chi connectivity index (χ4v) is 5.54. The van der Waals surface area contributed by atoms with Crippen LogP contribution in [-0.2, 0) is 19.6 Å². The molecule has 0 aromatic heterocycles. The molecule has 0 spiro atoms. The summed E-state index contributed by atoms with van der Waals surface area (Å²) in [5.74, 6) is -0.212. The average Bonchev–Trinajstić information content (AvgIpc) is 3.15. The Morgan fingerprint density at radius 1 is 1.23 bits per heavy atom. The van der Waals surface area contributed by atoms with E-state index < -0.39 is 10.0 Å². The molecule has 1 aromatic rings. The maximum Gasteiger partial charge on any atom is 0.244 e. The molecule has 6 nitrogen and oxygen atoms in total. The van der Waals surface area contributed by atoms with Crippen molar-refractivity contribution in [2.75, 3.05) is 26.2 Å². The van der Waals surface area contributed by atoms with Gasteiger partial charge < -0.3 is 10.1 Å². The van der Waals surface area contributed by atoms with Crippen LogP contribution in [0.4, 0.5) is 0 Å². The van der Waals surface area contributed by atoms with Crippen molar-refractivity contribution in [3.63, 3.8) is 0 Å². The smallest absolute Gasteiger partial charge is 0.244 e. The Hall–Kier alpha value is -0.860. The molecule has 0 radical (unpaired) electrons. The van der Waals surface area contributed by atoms with Crippen molar-refractivity contribution >= 4 is 39.1 Å². The Balaban J connectivity index is 1.57. The highest BCUT2D eigenvalue weighted by molar-refractivity contribution is 7.89. The zero-order valence-corrected chi connectivity index (χ0v) is 16.6. The van der Waals surface area contributed by atoms with Crippen molar-refractivity contribution in [3.05, 3.63) is 28.2 Å². The Morgan fingerprint density at radius 3 is 2.62 bits per heavy atom. The lowest BCUT2D eigenvalue weighted by Gasteiger charge is -2.31. The molecule has 0 unspecified atom stereocenters. The van der Waals surface area contributed by atoms with Crippen LogP contribution in [0.3, 0.4) is 0 Å². The second-order valence-corrected chi connectivity index (χ2v) is 9.38. The molecular formula is C17H22Cl2N2O4S. The van der Waals surface area contributed by atoms with Gasteiger partial charge in [-0.05, 0) is 43.9 Å². The molecule has 2 aliphatic heterocycles. The summed E-state index contributed by atoms with van der Waals surface area (Å²) in [5, 5.41) is 3.39. The topological polar surface area (TPSA) is 75.7 Å². The first-order valence-electron chi connectivity index (χ1n) is 8.72. The first-order chi connectivity index (χ1) is 12.4. The van der Waals surface area contributed by atoms with Gasteiger partial charge in [-0.25, -0.2) is 8.42 Å². The van der Waals surface area contributed by atoms with Gasteiger partial charge in [0.15, 0.2) is 0 Å². The maximum absolute atomic E-state index is 12.8. The largest absolute Gasteiger partial charge is 0.376 e. The van der Waals surface area contributed by atoms with E-state index in [1.165, 1.54) is 16.4 Å². The first kappa shape index (κ1) is 19.9. The minimum absolute atomic E-state index is 0.00736. The highest BCUT2D eigenvalue weighted by Crippen LogP contribution is 2.30. The number of piperidine rings is 1. The molecule has 1 N–H and O–H groups in total. The summed E-state index contributed by atoms with van der Waals surface area (Å²) in [4.78, 5) is 12.3. The molecule has 1 aromatic carbocycles. The van der Waals surface area contributed by atoms with Crippen molar-refractivity contribution in [3.8, 4) is 0 Å². The van der Waals surface area contributed by atoms with Crippen LogP contribution in [-0.4, -0.2) is 51.0 Å². The molecule has 26 heavy (non-hydrogen) atoms. The van der Waals surface area contributed by atoms with Crippen LogP contribution in [0, 0.1) is 5.92 Å². The number of nitrogens with zero attached hydrogens (tertiary/aromatic N) is 1. The fraction of sp³-hybridized carbons (Fsp3) is 0.588. The summed E-state index contributed by atoms with van der Waals surface area (Å²) < 4.78 is 32.5. The predicted molar refractivity (Wildman–Crippen MR) is 99.9 cm³/mol. The molecule has 1 amide bonds. The summed E-state index contributed by atoms with van der Waals surface area (Å²) in [5.41, 5.74) is 0. The first-order valence-corrected chi connectivity index (χ1v) is 10.9. The van der Waals surface area contributed by atoms with Crippen LogP contribution < -0.4 is 5.32 Å².